The lowest BCUT2D eigenvalue weighted by atomic mass is 10.3. The highest BCUT2D eigenvalue weighted by Crippen LogP contribution is 2.10. The fourth-order valence-corrected chi connectivity index (χ4v) is 1.56. The standard InChI is InChI=1S/C11H15N5O3/c1-3-4-8-15-10(19-16-8)6(2)13-9(17)7-5-12-11(18)14-7/h5-6H,3-4H2,1-2H3,(H,13,17)(H2,12,14,18)/t6-/m0/s1. The number of nitrogens with zero attached hydrogens (tertiary/aromatic N) is 2. The highest BCUT2D eigenvalue weighted by atomic mass is 16.5. The zero-order valence-electron chi connectivity index (χ0n) is 10.7. The summed E-state index contributed by atoms with van der Waals surface area (Å²) in [5.74, 6) is 0.546. The van der Waals surface area contributed by atoms with Crippen LogP contribution in [0.1, 0.15) is 48.5 Å². The van der Waals surface area contributed by atoms with Crippen LogP contribution in [0.3, 0.4) is 0 Å². The summed E-state index contributed by atoms with van der Waals surface area (Å²) in [6, 6.07) is -0.427. The van der Waals surface area contributed by atoms with Crippen molar-refractivity contribution in [3.05, 3.63) is 34.1 Å². The molecule has 2 rings (SSSR count). The Labute approximate surface area is 108 Å². The Morgan fingerprint density at radius 3 is 3.00 bits per heavy atom. The van der Waals surface area contributed by atoms with E-state index in [0.29, 0.717) is 11.7 Å². The number of aryl methyl sites for hydroxylation is 1. The van der Waals surface area contributed by atoms with E-state index in [1.807, 2.05) is 6.92 Å². The number of amides is 1. The first-order valence-corrected chi connectivity index (χ1v) is 6.01. The largest absolute Gasteiger partial charge is 0.339 e. The van der Waals surface area contributed by atoms with Gasteiger partial charge in [0, 0.05) is 12.6 Å². The predicted molar refractivity (Wildman–Crippen MR) is 65.6 cm³/mol. The summed E-state index contributed by atoms with van der Waals surface area (Å²) in [6.07, 6.45) is 2.96. The van der Waals surface area contributed by atoms with Crippen LogP contribution in [0, 0.1) is 0 Å². The molecule has 2 heterocycles. The van der Waals surface area contributed by atoms with E-state index in [1.165, 1.54) is 6.20 Å². The summed E-state index contributed by atoms with van der Waals surface area (Å²) in [6.45, 7) is 3.75. The van der Waals surface area contributed by atoms with Crippen LogP contribution < -0.4 is 11.0 Å². The Morgan fingerprint density at radius 1 is 1.58 bits per heavy atom. The Bertz CT molecular complexity index is 612. The summed E-state index contributed by atoms with van der Waals surface area (Å²) in [4.78, 5) is 31.6. The summed E-state index contributed by atoms with van der Waals surface area (Å²) >= 11 is 0. The summed E-state index contributed by atoms with van der Waals surface area (Å²) in [7, 11) is 0. The minimum Gasteiger partial charge on any atom is -0.339 e. The molecule has 8 nitrogen and oxygen atoms in total. The van der Waals surface area contributed by atoms with Gasteiger partial charge in [-0.15, -0.1) is 0 Å². The highest BCUT2D eigenvalue weighted by Gasteiger charge is 2.18. The normalized spacial score (nSPS) is 12.3. The Morgan fingerprint density at radius 2 is 2.37 bits per heavy atom. The van der Waals surface area contributed by atoms with Gasteiger partial charge >= 0.3 is 5.69 Å². The second kappa shape index (κ2) is 5.51. The number of hydrogen-bond donors (Lipinski definition) is 3. The molecule has 0 aliphatic rings. The molecule has 0 radical (unpaired) electrons. The van der Waals surface area contributed by atoms with Crippen molar-refractivity contribution in [1.82, 2.24) is 25.4 Å². The fraction of sp³-hybridized carbons (Fsp3) is 0.455. The number of nitrogens with one attached hydrogen (secondary N) is 3. The van der Waals surface area contributed by atoms with E-state index in [2.05, 4.69) is 25.4 Å². The number of carbonyl (C=O) groups is 1. The van der Waals surface area contributed by atoms with Crippen LogP contribution in [0.15, 0.2) is 15.5 Å². The number of aromatic nitrogens is 4. The molecule has 0 aromatic carbocycles. The molecule has 0 bridgehead atoms. The molecule has 0 spiro atoms. The molecule has 1 amide bonds. The lowest BCUT2D eigenvalue weighted by Gasteiger charge is -2.07. The average molecular weight is 265 g/mol. The van der Waals surface area contributed by atoms with Crippen LogP contribution in [0.25, 0.3) is 0 Å². The lowest BCUT2D eigenvalue weighted by molar-refractivity contribution is 0.0928. The van der Waals surface area contributed by atoms with Crippen molar-refractivity contribution in [1.29, 1.82) is 0 Å². The minimum absolute atomic E-state index is 0.158. The first kappa shape index (κ1) is 13.1. The molecular formula is C11H15N5O3. The first-order valence-electron chi connectivity index (χ1n) is 6.01. The van der Waals surface area contributed by atoms with Gasteiger partial charge in [0.15, 0.2) is 5.82 Å². The molecule has 2 aromatic rings. The molecule has 0 aliphatic carbocycles. The quantitative estimate of drug-likeness (QED) is 0.729. The third-order valence-corrected chi connectivity index (χ3v) is 2.52. The number of carbonyl (C=O) groups excluding carboxylic acids is 1. The van der Waals surface area contributed by atoms with Crippen LogP contribution in [-0.4, -0.2) is 26.0 Å². The second-order valence-electron chi connectivity index (χ2n) is 4.15. The van der Waals surface area contributed by atoms with E-state index in [0.717, 1.165) is 12.8 Å². The van der Waals surface area contributed by atoms with E-state index >= 15 is 0 Å². The molecule has 0 saturated carbocycles. The maximum Gasteiger partial charge on any atom is 0.323 e. The molecule has 1 atom stereocenters. The van der Waals surface area contributed by atoms with Gasteiger partial charge in [0.05, 0.1) is 0 Å². The molecular weight excluding hydrogens is 250 g/mol. The van der Waals surface area contributed by atoms with Crippen LogP contribution in [0.5, 0.6) is 0 Å². The van der Waals surface area contributed by atoms with Gasteiger partial charge in [-0.1, -0.05) is 12.1 Å². The van der Waals surface area contributed by atoms with Crippen molar-refractivity contribution in [3.63, 3.8) is 0 Å². The van der Waals surface area contributed by atoms with Crippen molar-refractivity contribution in [3.8, 4) is 0 Å². The Balaban J connectivity index is 2.01. The van der Waals surface area contributed by atoms with Crippen LogP contribution >= 0.6 is 0 Å². The second-order valence-corrected chi connectivity index (χ2v) is 4.15. The van der Waals surface area contributed by atoms with E-state index in [4.69, 9.17) is 4.52 Å². The van der Waals surface area contributed by atoms with Gasteiger partial charge < -0.3 is 19.8 Å². The van der Waals surface area contributed by atoms with Gasteiger partial charge in [-0.05, 0) is 13.3 Å². The maximum atomic E-state index is 11.8. The number of aromatic amines is 2. The van der Waals surface area contributed by atoms with Gasteiger partial charge in [-0.2, -0.15) is 4.98 Å². The van der Waals surface area contributed by atoms with Crippen molar-refractivity contribution in [2.45, 2.75) is 32.7 Å². The molecule has 2 aromatic heterocycles. The van der Waals surface area contributed by atoms with Crippen LogP contribution in [0.2, 0.25) is 0 Å². The topological polar surface area (TPSA) is 117 Å². The zero-order valence-corrected chi connectivity index (χ0v) is 10.7. The van der Waals surface area contributed by atoms with Crippen molar-refractivity contribution in [2.75, 3.05) is 0 Å². The monoisotopic (exact) mass is 265 g/mol. The number of imidazole rings is 1. The van der Waals surface area contributed by atoms with Crippen molar-refractivity contribution < 1.29 is 9.32 Å². The van der Waals surface area contributed by atoms with Crippen molar-refractivity contribution >= 4 is 5.91 Å². The van der Waals surface area contributed by atoms with E-state index < -0.39 is 17.6 Å². The Kier molecular flexibility index (Phi) is 3.79. The van der Waals surface area contributed by atoms with Gasteiger partial charge in [0.2, 0.25) is 5.89 Å². The van der Waals surface area contributed by atoms with Crippen molar-refractivity contribution in [2.24, 2.45) is 0 Å². The molecule has 0 aliphatic heterocycles. The van der Waals surface area contributed by atoms with E-state index in [9.17, 15) is 9.59 Å². The zero-order chi connectivity index (χ0) is 13.8. The lowest BCUT2D eigenvalue weighted by Crippen LogP contribution is -2.27. The SMILES string of the molecule is CCCc1noc([C@H](C)NC(=O)c2c[nH]c(=O)[nH]2)n1. The summed E-state index contributed by atoms with van der Waals surface area (Å²) in [5, 5.41) is 6.47. The summed E-state index contributed by atoms with van der Waals surface area (Å²) in [5.41, 5.74) is -0.272. The molecule has 0 saturated heterocycles. The van der Waals surface area contributed by atoms with E-state index in [-0.39, 0.29) is 5.69 Å². The Hall–Kier alpha value is -2.38. The molecule has 0 unspecified atom stereocenters. The highest BCUT2D eigenvalue weighted by molar-refractivity contribution is 5.92. The number of hydrogen-bond acceptors (Lipinski definition) is 5. The molecule has 102 valence electrons. The number of H-pyrrole nitrogens is 2. The number of rotatable bonds is 5. The van der Waals surface area contributed by atoms with Gasteiger partial charge in [-0.25, -0.2) is 4.79 Å². The third kappa shape index (κ3) is 3.09. The predicted octanol–water partition coefficient (Wildman–Crippen LogP) is 0.530. The van der Waals surface area contributed by atoms with Crippen LogP contribution in [0.4, 0.5) is 0 Å². The molecule has 0 fully saturated rings. The molecule has 8 heteroatoms. The van der Waals surface area contributed by atoms with E-state index in [1.54, 1.807) is 6.92 Å². The van der Waals surface area contributed by atoms with Gasteiger partial charge in [-0.3, -0.25) is 4.79 Å². The maximum absolute atomic E-state index is 11.8. The van der Waals surface area contributed by atoms with Crippen LogP contribution in [-0.2, 0) is 6.42 Å². The average Bonchev–Trinajstić information content (AvgIpc) is 2.98. The third-order valence-electron chi connectivity index (χ3n) is 2.52. The van der Waals surface area contributed by atoms with Gasteiger partial charge in [0.1, 0.15) is 11.7 Å². The smallest absolute Gasteiger partial charge is 0.323 e. The minimum atomic E-state index is -0.430. The first-order chi connectivity index (χ1) is 9.10. The summed E-state index contributed by atoms with van der Waals surface area (Å²) < 4.78 is 5.07. The molecule has 3 N–H and O–H groups in total. The molecule has 19 heavy (non-hydrogen) atoms. The fourth-order valence-electron chi connectivity index (χ4n) is 1.56. The van der Waals surface area contributed by atoms with Gasteiger partial charge in [0.25, 0.3) is 5.91 Å².